The lowest BCUT2D eigenvalue weighted by Gasteiger charge is -2.12. The molecule has 1 heterocycles. The second kappa shape index (κ2) is 3.52. The van der Waals surface area contributed by atoms with E-state index in [4.69, 9.17) is 15.5 Å². The molecular formula is C7H10N2O3. The Bertz CT molecular complexity index is 213. The number of β-amino-alcohol motifs (C(OH)–C–C–N with tert-alkyl or cyclic N) is 2. The summed E-state index contributed by atoms with van der Waals surface area (Å²) in [5, 5.41) is 26.3. The number of amides is 1. The van der Waals surface area contributed by atoms with Crippen LogP contribution in [0, 0.1) is 11.3 Å². The smallest absolute Gasteiger partial charge is 0.236 e. The third kappa shape index (κ3) is 1.72. The van der Waals surface area contributed by atoms with Gasteiger partial charge in [0, 0.05) is 13.1 Å². The van der Waals surface area contributed by atoms with Gasteiger partial charge in [-0.1, -0.05) is 0 Å². The average molecular weight is 170 g/mol. The highest BCUT2D eigenvalue weighted by molar-refractivity contribution is 5.78. The number of likely N-dealkylation sites (tertiary alicyclic amines) is 1. The van der Waals surface area contributed by atoms with Crippen LogP contribution in [0.25, 0.3) is 0 Å². The number of nitriles is 1. The van der Waals surface area contributed by atoms with Crippen molar-refractivity contribution in [2.24, 2.45) is 0 Å². The highest BCUT2D eigenvalue weighted by atomic mass is 16.3. The zero-order valence-electron chi connectivity index (χ0n) is 6.47. The molecule has 1 aliphatic heterocycles. The van der Waals surface area contributed by atoms with Crippen molar-refractivity contribution in [1.82, 2.24) is 4.90 Å². The molecule has 1 rings (SSSR count). The molecule has 1 saturated heterocycles. The molecule has 0 radical (unpaired) electrons. The predicted molar refractivity (Wildman–Crippen MR) is 38.8 cm³/mol. The first-order valence-electron chi connectivity index (χ1n) is 3.66. The molecule has 0 bridgehead atoms. The Morgan fingerprint density at radius 3 is 2.42 bits per heavy atom. The number of aliphatic hydroxyl groups is 2. The molecule has 2 N–H and O–H groups in total. The molecule has 2 unspecified atom stereocenters. The molecule has 66 valence electrons. The number of rotatable bonds is 1. The number of carbonyl (C=O) groups is 1. The Labute approximate surface area is 69.8 Å². The van der Waals surface area contributed by atoms with Crippen molar-refractivity contribution < 1.29 is 15.0 Å². The van der Waals surface area contributed by atoms with Crippen molar-refractivity contribution in [3.8, 4) is 6.07 Å². The van der Waals surface area contributed by atoms with Crippen LogP contribution in [0.3, 0.4) is 0 Å². The number of carbonyl (C=O) groups excluding carboxylic acids is 1. The van der Waals surface area contributed by atoms with Crippen LogP contribution < -0.4 is 0 Å². The third-order valence-electron chi connectivity index (χ3n) is 1.84. The van der Waals surface area contributed by atoms with Gasteiger partial charge in [0.25, 0.3) is 0 Å². The highest BCUT2D eigenvalue weighted by Gasteiger charge is 2.31. The standard InChI is InChI=1S/C7H10N2O3/c8-2-1-7(12)9-3-5(10)6(11)4-9/h5-6,10-11H,1,3-4H2. The molecule has 5 nitrogen and oxygen atoms in total. The van der Waals surface area contributed by atoms with Crippen LogP contribution >= 0.6 is 0 Å². The van der Waals surface area contributed by atoms with E-state index in [1.807, 2.05) is 0 Å². The van der Waals surface area contributed by atoms with Gasteiger partial charge in [0.15, 0.2) is 0 Å². The largest absolute Gasteiger partial charge is 0.388 e. The summed E-state index contributed by atoms with van der Waals surface area (Å²) in [6, 6.07) is 1.72. The van der Waals surface area contributed by atoms with E-state index >= 15 is 0 Å². The van der Waals surface area contributed by atoms with Crippen molar-refractivity contribution in [2.75, 3.05) is 13.1 Å². The molecule has 1 fully saturated rings. The molecule has 1 aliphatic rings. The van der Waals surface area contributed by atoms with Gasteiger partial charge in [0.2, 0.25) is 5.91 Å². The van der Waals surface area contributed by atoms with Crippen LogP contribution in [0.15, 0.2) is 0 Å². The minimum atomic E-state index is -0.868. The van der Waals surface area contributed by atoms with Crippen LogP contribution in [0.4, 0.5) is 0 Å². The molecule has 12 heavy (non-hydrogen) atoms. The van der Waals surface area contributed by atoms with E-state index < -0.39 is 12.2 Å². The quantitative estimate of drug-likeness (QED) is 0.499. The van der Waals surface area contributed by atoms with E-state index in [1.165, 1.54) is 4.90 Å². The molecule has 0 saturated carbocycles. The van der Waals surface area contributed by atoms with Crippen LogP contribution in [0.5, 0.6) is 0 Å². The van der Waals surface area contributed by atoms with Crippen LogP contribution in [0.2, 0.25) is 0 Å². The molecule has 0 aromatic heterocycles. The zero-order valence-corrected chi connectivity index (χ0v) is 6.47. The number of hydrogen-bond donors (Lipinski definition) is 2. The summed E-state index contributed by atoms with van der Waals surface area (Å²) in [6.45, 7) is 0.253. The maximum absolute atomic E-state index is 11.0. The Hall–Kier alpha value is -1.12. The summed E-state index contributed by atoms with van der Waals surface area (Å²) < 4.78 is 0. The van der Waals surface area contributed by atoms with Crippen molar-refractivity contribution in [3.05, 3.63) is 0 Å². The number of aliphatic hydroxyl groups excluding tert-OH is 2. The summed E-state index contributed by atoms with van der Waals surface area (Å²) in [5.74, 6) is -0.340. The van der Waals surface area contributed by atoms with Gasteiger partial charge in [0.1, 0.15) is 6.42 Å². The molecular weight excluding hydrogens is 160 g/mol. The van der Waals surface area contributed by atoms with Gasteiger partial charge in [0.05, 0.1) is 18.3 Å². The first kappa shape index (κ1) is 8.97. The Kier molecular flexibility index (Phi) is 2.63. The lowest BCUT2D eigenvalue weighted by molar-refractivity contribution is -0.129. The Balaban J connectivity index is 2.47. The van der Waals surface area contributed by atoms with Gasteiger partial charge in [-0.15, -0.1) is 0 Å². The minimum absolute atomic E-state index is 0.127. The first-order chi connectivity index (χ1) is 5.65. The SMILES string of the molecule is N#CCC(=O)N1CC(O)C(O)C1. The number of nitrogens with zero attached hydrogens (tertiary/aromatic N) is 2. The normalized spacial score (nSPS) is 28.6. The maximum Gasteiger partial charge on any atom is 0.236 e. The number of hydrogen-bond acceptors (Lipinski definition) is 4. The molecule has 0 aromatic rings. The van der Waals surface area contributed by atoms with Gasteiger partial charge >= 0.3 is 0 Å². The molecule has 0 spiro atoms. The van der Waals surface area contributed by atoms with E-state index in [0.29, 0.717) is 0 Å². The topological polar surface area (TPSA) is 84.6 Å². The van der Waals surface area contributed by atoms with E-state index in [0.717, 1.165) is 0 Å². The predicted octanol–water partition coefficient (Wildman–Crippen LogP) is -1.54. The first-order valence-corrected chi connectivity index (χ1v) is 3.66. The van der Waals surface area contributed by atoms with Gasteiger partial charge in [-0.3, -0.25) is 4.79 Å². The van der Waals surface area contributed by atoms with Crippen molar-refractivity contribution in [3.63, 3.8) is 0 Å². The van der Waals surface area contributed by atoms with E-state index in [-0.39, 0.29) is 25.4 Å². The Morgan fingerprint density at radius 2 is 2.00 bits per heavy atom. The van der Waals surface area contributed by atoms with Crippen LogP contribution in [0.1, 0.15) is 6.42 Å². The van der Waals surface area contributed by atoms with Crippen LogP contribution in [-0.2, 0) is 4.79 Å². The lowest BCUT2D eigenvalue weighted by Crippen LogP contribution is -2.29. The second-order valence-corrected chi connectivity index (χ2v) is 2.77. The summed E-state index contributed by atoms with van der Waals surface area (Å²) in [7, 11) is 0. The summed E-state index contributed by atoms with van der Waals surface area (Å²) in [5.41, 5.74) is 0. The van der Waals surface area contributed by atoms with Gasteiger partial charge in [-0.2, -0.15) is 5.26 Å². The summed E-state index contributed by atoms with van der Waals surface area (Å²) in [4.78, 5) is 12.3. The summed E-state index contributed by atoms with van der Waals surface area (Å²) >= 11 is 0. The van der Waals surface area contributed by atoms with E-state index in [9.17, 15) is 4.79 Å². The lowest BCUT2D eigenvalue weighted by atomic mass is 10.3. The van der Waals surface area contributed by atoms with E-state index in [1.54, 1.807) is 6.07 Å². The monoisotopic (exact) mass is 170 g/mol. The maximum atomic E-state index is 11.0. The van der Waals surface area contributed by atoms with Gasteiger partial charge in [-0.05, 0) is 0 Å². The van der Waals surface area contributed by atoms with Crippen molar-refractivity contribution in [1.29, 1.82) is 5.26 Å². The second-order valence-electron chi connectivity index (χ2n) is 2.77. The average Bonchev–Trinajstić information content (AvgIpc) is 2.33. The Morgan fingerprint density at radius 1 is 1.50 bits per heavy atom. The van der Waals surface area contributed by atoms with Crippen molar-refractivity contribution in [2.45, 2.75) is 18.6 Å². The zero-order chi connectivity index (χ0) is 9.14. The molecule has 5 heteroatoms. The fourth-order valence-corrected chi connectivity index (χ4v) is 1.15. The molecule has 0 aliphatic carbocycles. The third-order valence-corrected chi connectivity index (χ3v) is 1.84. The molecule has 1 amide bonds. The summed E-state index contributed by atoms with van der Waals surface area (Å²) in [6.07, 6.45) is -1.93. The molecule has 2 atom stereocenters. The van der Waals surface area contributed by atoms with Gasteiger partial charge in [-0.25, -0.2) is 0 Å². The highest BCUT2D eigenvalue weighted by Crippen LogP contribution is 2.10. The van der Waals surface area contributed by atoms with E-state index in [2.05, 4.69) is 0 Å². The van der Waals surface area contributed by atoms with Crippen molar-refractivity contribution >= 4 is 5.91 Å². The molecule has 0 aromatic carbocycles. The fourth-order valence-electron chi connectivity index (χ4n) is 1.15. The van der Waals surface area contributed by atoms with Crippen LogP contribution in [-0.4, -0.2) is 46.3 Å². The minimum Gasteiger partial charge on any atom is -0.388 e. The fraction of sp³-hybridized carbons (Fsp3) is 0.714. The van der Waals surface area contributed by atoms with Gasteiger partial charge < -0.3 is 15.1 Å².